The van der Waals surface area contributed by atoms with Crippen molar-refractivity contribution in [2.24, 2.45) is 0 Å². The average Bonchev–Trinajstić information content (AvgIpc) is 3.43. The number of nitrogens with one attached hydrogen (secondary N) is 1. The van der Waals surface area contributed by atoms with E-state index in [4.69, 9.17) is 0 Å². The standard InChI is InChI=1S/C25H24N4O5S/c1-14-4-5-15(2)21(10-14)28-24(31)19-7-6-17(12-20(19)25(28)32)23(30)26-22-11-16(3)27-29(22)18-8-9-35(33,34)13-18/h4-7,10-12,18H,8-9,13H2,1-3H3,(H,26,30). The van der Waals surface area contributed by atoms with Crippen molar-refractivity contribution < 1.29 is 22.8 Å². The van der Waals surface area contributed by atoms with Gasteiger partial charge in [0.05, 0.1) is 40.1 Å². The molecule has 0 saturated carbocycles. The van der Waals surface area contributed by atoms with Gasteiger partial charge in [0.1, 0.15) is 5.82 Å². The number of benzene rings is 2. The van der Waals surface area contributed by atoms with E-state index in [1.165, 1.54) is 18.2 Å². The highest BCUT2D eigenvalue weighted by molar-refractivity contribution is 7.91. The van der Waals surface area contributed by atoms with Crippen LogP contribution in [0, 0.1) is 20.8 Å². The van der Waals surface area contributed by atoms with Gasteiger partial charge in [-0.15, -0.1) is 0 Å². The largest absolute Gasteiger partial charge is 0.307 e. The van der Waals surface area contributed by atoms with E-state index < -0.39 is 27.6 Å². The van der Waals surface area contributed by atoms with Crippen LogP contribution >= 0.6 is 0 Å². The summed E-state index contributed by atoms with van der Waals surface area (Å²) in [6.45, 7) is 5.48. The lowest BCUT2D eigenvalue weighted by molar-refractivity contribution is 0.0925. The molecule has 10 heteroatoms. The third-order valence-corrected chi connectivity index (χ3v) is 8.16. The minimum Gasteiger partial charge on any atom is -0.307 e. The second kappa shape index (κ2) is 8.16. The van der Waals surface area contributed by atoms with Crippen LogP contribution in [0.15, 0.2) is 42.5 Å². The van der Waals surface area contributed by atoms with Crippen molar-refractivity contribution in [2.75, 3.05) is 21.7 Å². The molecule has 0 bridgehead atoms. The minimum absolute atomic E-state index is 0.0271. The Morgan fingerprint density at radius 3 is 2.46 bits per heavy atom. The predicted octanol–water partition coefficient (Wildman–Crippen LogP) is 3.22. The Labute approximate surface area is 202 Å². The highest BCUT2D eigenvalue weighted by atomic mass is 32.2. The van der Waals surface area contributed by atoms with Crippen molar-refractivity contribution in [3.05, 3.63) is 76.0 Å². The van der Waals surface area contributed by atoms with E-state index in [-0.39, 0.29) is 34.2 Å². The Kier molecular flexibility index (Phi) is 5.36. The van der Waals surface area contributed by atoms with Gasteiger partial charge in [-0.1, -0.05) is 12.1 Å². The topological polar surface area (TPSA) is 118 Å². The van der Waals surface area contributed by atoms with E-state index >= 15 is 0 Å². The highest BCUT2D eigenvalue weighted by Gasteiger charge is 2.38. The fourth-order valence-corrected chi connectivity index (χ4v) is 6.30. The van der Waals surface area contributed by atoms with E-state index in [0.29, 0.717) is 23.6 Å². The maximum atomic E-state index is 13.2. The van der Waals surface area contributed by atoms with Gasteiger partial charge < -0.3 is 5.32 Å². The maximum Gasteiger partial charge on any atom is 0.266 e. The Bertz CT molecular complexity index is 1520. The van der Waals surface area contributed by atoms with Gasteiger partial charge in [0.2, 0.25) is 0 Å². The van der Waals surface area contributed by atoms with Crippen LogP contribution < -0.4 is 10.2 Å². The van der Waals surface area contributed by atoms with Crippen LogP contribution in [0.25, 0.3) is 0 Å². The molecule has 1 fully saturated rings. The molecule has 3 heterocycles. The first kappa shape index (κ1) is 23.0. The number of imide groups is 1. The number of carbonyl (C=O) groups is 3. The second-order valence-electron chi connectivity index (χ2n) is 9.12. The molecular weight excluding hydrogens is 468 g/mol. The molecule has 2 aliphatic heterocycles. The van der Waals surface area contributed by atoms with Crippen molar-refractivity contribution in [1.29, 1.82) is 0 Å². The lowest BCUT2D eigenvalue weighted by Gasteiger charge is -2.17. The minimum atomic E-state index is -3.13. The Hall–Kier alpha value is -3.79. The fraction of sp³-hybridized carbons (Fsp3) is 0.280. The van der Waals surface area contributed by atoms with Gasteiger partial charge in [-0.05, 0) is 62.6 Å². The highest BCUT2D eigenvalue weighted by Crippen LogP contribution is 2.32. The van der Waals surface area contributed by atoms with Gasteiger partial charge in [0.15, 0.2) is 9.84 Å². The summed E-state index contributed by atoms with van der Waals surface area (Å²) in [5.74, 6) is -0.954. The van der Waals surface area contributed by atoms with E-state index in [2.05, 4.69) is 10.4 Å². The Balaban J connectivity index is 1.43. The van der Waals surface area contributed by atoms with E-state index in [1.807, 2.05) is 26.0 Å². The molecule has 180 valence electrons. The van der Waals surface area contributed by atoms with Crippen molar-refractivity contribution in [3.8, 4) is 0 Å². The van der Waals surface area contributed by atoms with Gasteiger partial charge in [0.25, 0.3) is 17.7 Å². The number of fused-ring (bicyclic) bond motifs is 1. The van der Waals surface area contributed by atoms with E-state index in [0.717, 1.165) is 16.0 Å². The molecule has 1 N–H and O–H groups in total. The molecule has 3 aromatic rings. The zero-order valence-corrected chi connectivity index (χ0v) is 20.3. The van der Waals surface area contributed by atoms with Gasteiger partial charge in [0, 0.05) is 11.6 Å². The fourth-order valence-electron chi connectivity index (χ4n) is 4.61. The smallest absolute Gasteiger partial charge is 0.266 e. The zero-order valence-electron chi connectivity index (χ0n) is 19.5. The van der Waals surface area contributed by atoms with Gasteiger partial charge >= 0.3 is 0 Å². The molecule has 0 aliphatic carbocycles. The van der Waals surface area contributed by atoms with Crippen molar-refractivity contribution in [2.45, 2.75) is 33.2 Å². The van der Waals surface area contributed by atoms with Gasteiger partial charge in [-0.25, -0.2) is 18.0 Å². The summed E-state index contributed by atoms with van der Waals surface area (Å²) < 4.78 is 25.4. The number of sulfone groups is 1. The molecule has 3 amide bonds. The lowest BCUT2D eigenvalue weighted by atomic mass is 10.1. The first-order valence-corrected chi connectivity index (χ1v) is 13.0. The first-order chi connectivity index (χ1) is 16.5. The van der Waals surface area contributed by atoms with E-state index in [1.54, 1.807) is 23.7 Å². The summed E-state index contributed by atoms with van der Waals surface area (Å²) in [6, 6.07) is 11.3. The summed E-state index contributed by atoms with van der Waals surface area (Å²) in [6.07, 6.45) is 0.427. The third kappa shape index (κ3) is 4.03. The molecule has 1 saturated heterocycles. The summed E-state index contributed by atoms with van der Waals surface area (Å²) in [5, 5.41) is 7.16. The van der Waals surface area contributed by atoms with Crippen LogP contribution in [-0.2, 0) is 9.84 Å². The molecule has 5 rings (SSSR count). The molecule has 9 nitrogen and oxygen atoms in total. The molecule has 2 aliphatic rings. The maximum absolute atomic E-state index is 13.2. The summed E-state index contributed by atoms with van der Waals surface area (Å²) in [5.41, 5.74) is 3.48. The molecule has 1 atom stereocenters. The molecule has 2 aromatic carbocycles. The SMILES string of the molecule is Cc1ccc(C)c(N2C(=O)c3ccc(C(=O)Nc4cc(C)nn4C4CCS(=O)(=O)C4)cc3C2=O)c1. The first-order valence-electron chi connectivity index (χ1n) is 11.2. The lowest BCUT2D eigenvalue weighted by Crippen LogP contribution is -2.30. The molecular formula is C25H24N4O5S. The quantitative estimate of drug-likeness (QED) is 0.559. The van der Waals surface area contributed by atoms with Crippen molar-refractivity contribution >= 4 is 39.1 Å². The molecule has 1 unspecified atom stereocenters. The van der Waals surface area contributed by atoms with Gasteiger partial charge in [-0.3, -0.25) is 14.4 Å². The summed E-state index contributed by atoms with van der Waals surface area (Å²) >= 11 is 0. The second-order valence-corrected chi connectivity index (χ2v) is 11.4. The zero-order chi connectivity index (χ0) is 25.1. The molecule has 35 heavy (non-hydrogen) atoms. The molecule has 0 radical (unpaired) electrons. The number of hydrogen-bond donors (Lipinski definition) is 1. The van der Waals surface area contributed by atoms with Crippen LogP contribution in [0.5, 0.6) is 0 Å². The summed E-state index contributed by atoms with van der Waals surface area (Å²) in [4.78, 5) is 40.5. The normalized spacial score (nSPS) is 18.7. The van der Waals surface area contributed by atoms with Crippen LogP contribution in [0.3, 0.4) is 0 Å². The number of rotatable bonds is 4. The van der Waals surface area contributed by atoms with Crippen molar-refractivity contribution in [1.82, 2.24) is 9.78 Å². The van der Waals surface area contributed by atoms with Crippen LogP contribution in [0.2, 0.25) is 0 Å². The average molecular weight is 493 g/mol. The number of anilines is 2. The number of hydrogen-bond acceptors (Lipinski definition) is 6. The van der Waals surface area contributed by atoms with Crippen molar-refractivity contribution in [3.63, 3.8) is 0 Å². The predicted molar refractivity (Wildman–Crippen MR) is 131 cm³/mol. The molecule has 1 aromatic heterocycles. The third-order valence-electron chi connectivity index (χ3n) is 6.41. The Morgan fingerprint density at radius 2 is 1.74 bits per heavy atom. The van der Waals surface area contributed by atoms with E-state index in [9.17, 15) is 22.8 Å². The number of nitrogens with zero attached hydrogens (tertiary/aromatic N) is 3. The Morgan fingerprint density at radius 1 is 1.00 bits per heavy atom. The number of aryl methyl sites for hydroxylation is 3. The number of amides is 3. The van der Waals surface area contributed by atoms with Crippen LogP contribution in [-0.4, -0.2) is 47.4 Å². The number of carbonyl (C=O) groups excluding carboxylic acids is 3. The molecule has 0 spiro atoms. The van der Waals surface area contributed by atoms with Gasteiger partial charge in [-0.2, -0.15) is 5.10 Å². The van der Waals surface area contributed by atoms with Crippen LogP contribution in [0.1, 0.15) is 60.4 Å². The number of aromatic nitrogens is 2. The van der Waals surface area contributed by atoms with Crippen LogP contribution in [0.4, 0.5) is 11.5 Å². The monoisotopic (exact) mass is 492 g/mol. The summed E-state index contributed by atoms with van der Waals surface area (Å²) in [7, 11) is -3.13.